The van der Waals surface area contributed by atoms with E-state index in [9.17, 15) is 5.11 Å². The molecule has 0 bridgehead atoms. The lowest BCUT2D eigenvalue weighted by Crippen LogP contribution is -2.06. The standard InChI is InChI=1S/C13H21NO/c1-4-10-7-11(9(2)3)8-13(15)12(10)5-6-14/h7-9,15H,4-6,14H2,1-3H3. The van der Waals surface area contributed by atoms with E-state index in [1.165, 1.54) is 11.1 Å². The summed E-state index contributed by atoms with van der Waals surface area (Å²) in [6.45, 7) is 6.97. The largest absolute Gasteiger partial charge is 0.508 e. The minimum absolute atomic E-state index is 0.406. The summed E-state index contributed by atoms with van der Waals surface area (Å²) in [7, 11) is 0. The average molecular weight is 207 g/mol. The van der Waals surface area contributed by atoms with Crippen molar-refractivity contribution in [3.63, 3.8) is 0 Å². The van der Waals surface area contributed by atoms with E-state index in [0.717, 1.165) is 18.4 Å². The summed E-state index contributed by atoms with van der Waals surface area (Å²) in [5, 5.41) is 9.93. The summed E-state index contributed by atoms with van der Waals surface area (Å²) in [5.41, 5.74) is 8.98. The Balaban J connectivity index is 3.18. The number of nitrogens with two attached hydrogens (primary N) is 1. The van der Waals surface area contributed by atoms with Crippen LogP contribution in [0.15, 0.2) is 12.1 Å². The van der Waals surface area contributed by atoms with E-state index in [-0.39, 0.29) is 0 Å². The summed E-state index contributed by atoms with van der Waals surface area (Å²) in [5.74, 6) is 0.858. The average Bonchev–Trinajstić information content (AvgIpc) is 2.20. The summed E-state index contributed by atoms with van der Waals surface area (Å²) >= 11 is 0. The molecule has 0 radical (unpaired) electrons. The first kappa shape index (κ1) is 12.1. The highest BCUT2D eigenvalue weighted by Gasteiger charge is 2.10. The zero-order valence-corrected chi connectivity index (χ0v) is 9.88. The molecule has 2 heteroatoms. The van der Waals surface area contributed by atoms with Crippen molar-refractivity contribution in [1.29, 1.82) is 0 Å². The SMILES string of the molecule is CCc1cc(C(C)C)cc(O)c1CCN. The summed E-state index contributed by atoms with van der Waals surface area (Å²) < 4.78 is 0. The van der Waals surface area contributed by atoms with E-state index < -0.39 is 0 Å². The van der Waals surface area contributed by atoms with Gasteiger partial charge in [-0.3, -0.25) is 0 Å². The Morgan fingerprint density at radius 2 is 2.00 bits per heavy atom. The quantitative estimate of drug-likeness (QED) is 0.797. The highest BCUT2D eigenvalue weighted by Crippen LogP contribution is 2.28. The van der Waals surface area contributed by atoms with Crippen LogP contribution in [0.1, 0.15) is 43.4 Å². The molecular weight excluding hydrogens is 186 g/mol. The number of phenolic OH excluding ortho intramolecular Hbond substituents is 1. The van der Waals surface area contributed by atoms with Crippen LogP contribution in [0.25, 0.3) is 0 Å². The number of phenols is 1. The Morgan fingerprint density at radius 1 is 1.33 bits per heavy atom. The van der Waals surface area contributed by atoms with Crippen molar-refractivity contribution < 1.29 is 5.11 Å². The van der Waals surface area contributed by atoms with Crippen molar-refractivity contribution in [3.05, 3.63) is 28.8 Å². The predicted octanol–water partition coefficient (Wildman–Crippen LogP) is 2.58. The van der Waals surface area contributed by atoms with E-state index in [1.807, 2.05) is 6.07 Å². The van der Waals surface area contributed by atoms with Crippen LogP contribution in [0.3, 0.4) is 0 Å². The van der Waals surface area contributed by atoms with Crippen molar-refractivity contribution >= 4 is 0 Å². The molecule has 0 aliphatic carbocycles. The normalized spacial score (nSPS) is 11.0. The second-order valence-electron chi connectivity index (χ2n) is 4.22. The van der Waals surface area contributed by atoms with Gasteiger partial charge in [-0.25, -0.2) is 0 Å². The molecule has 0 unspecified atom stereocenters. The molecule has 0 heterocycles. The molecule has 3 N–H and O–H groups in total. The van der Waals surface area contributed by atoms with Gasteiger partial charge in [0.15, 0.2) is 0 Å². The first-order valence-corrected chi connectivity index (χ1v) is 5.64. The second kappa shape index (κ2) is 5.17. The topological polar surface area (TPSA) is 46.2 Å². The van der Waals surface area contributed by atoms with E-state index in [1.54, 1.807) is 0 Å². The molecule has 1 aromatic carbocycles. The van der Waals surface area contributed by atoms with Gasteiger partial charge in [-0.15, -0.1) is 0 Å². The lowest BCUT2D eigenvalue weighted by atomic mass is 9.94. The molecule has 0 aliphatic rings. The molecule has 0 aromatic heterocycles. The van der Waals surface area contributed by atoms with Crippen molar-refractivity contribution in [1.82, 2.24) is 0 Å². The van der Waals surface area contributed by atoms with E-state index in [4.69, 9.17) is 5.73 Å². The minimum Gasteiger partial charge on any atom is -0.508 e. The van der Waals surface area contributed by atoms with Gasteiger partial charge in [-0.05, 0) is 48.1 Å². The lowest BCUT2D eigenvalue weighted by Gasteiger charge is -2.14. The van der Waals surface area contributed by atoms with Gasteiger partial charge >= 0.3 is 0 Å². The first-order valence-electron chi connectivity index (χ1n) is 5.64. The number of aryl methyl sites for hydroxylation is 1. The van der Waals surface area contributed by atoms with Crippen LogP contribution in [0, 0.1) is 0 Å². The van der Waals surface area contributed by atoms with Crippen LogP contribution < -0.4 is 5.73 Å². The van der Waals surface area contributed by atoms with Gasteiger partial charge in [-0.2, -0.15) is 0 Å². The van der Waals surface area contributed by atoms with Gasteiger partial charge in [0.2, 0.25) is 0 Å². The highest BCUT2D eigenvalue weighted by atomic mass is 16.3. The number of hydrogen-bond acceptors (Lipinski definition) is 2. The Hall–Kier alpha value is -1.02. The van der Waals surface area contributed by atoms with Crippen molar-refractivity contribution in [2.75, 3.05) is 6.54 Å². The van der Waals surface area contributed by atoms with Crippen molar-refractivity contribution in [3.8, 4) is 5.75 Å². The number of benzene rings is 1. The van der Waals surface area contributed by atoms with Crippen molar-refractivity contribution in [2.45, 2.75) is 39.5 Å². The fraction of sp³-hybridized carbons (Fsp3) is 0.538. The molecule has 84 valence electrons. The number of rotatable bonds is 4. The third-order valence-corrected chi connectivity index (χ3v) is 2.78. The third kappa shape index (κ3) is 2.72. The fourth-order valence-electron chi connectivity index (χ4n) is 1.82. The van der Waals surface area contributed by atoms with Gasteiger partial charge in [0, 0.05) is 0 Å². The molecule has 0 spiro atoms. The van der Waals surface area contributed by atoms with Gasteiger partial charge in [0.25, 0.3) is 0 Å². The zero-order valence-electron chi connectivity index (χ0n) is 9.88. The lowest BCUT2D eigenvalue weighted by molar-refractivity contribution is 0.465. The Kier molecular flexibility index (Phi) is 4.15. The molecular formula is C13H21NO. The second-order valence-corrected chi connectivity index (χ2v) is 4.22. The molecule has 0 atom stereocenters. The van der Waals surface area contributed by atoms with E-state index in [2.05, 4.69) is 26.8 Å². The molecule has 0 saturated carbocycles. The molecule has 1 aromatic rings. The Bertz CT molecular complexity index is 332. The third-order valence-electron chi connectivity index (χ3n) is 2.78. The first-order chi connectivity index (χ1) is 7.10. The smallest absolute Gasteiger partial charge is 0.119 e. The maximum Gasteiger partial charge on any atom is 0.119 e. The van der Waals surface area contributed by atoms with Gasteiger partial charge in [0.1, 0.15) is 5.75 Å². The van der Waals surface area contributed by atoms with E-state index >= 15 is 0 Å². The maximum atomic E-state index is 9.93. The summed E-state index contributed by atoms with van der Waals surface area (Å²) in [6.07, 6.45) is 1.71. The summed E-state index contributed by atoms with van der Waals surface area (Å²) in [6, 6.07) is 4.06. The van der Waals surface area contributed by atoms with E-state index in [0.29, 0.717) is 18.2 Å². The van der Waals surface area contributed by atoms with Gasteiger partial charge in [0.05, 0.1) is 0 Å². The van der Waals surface area contributed by atoms with Crippen LogP contribution in [-0.4, -0.2) is 11.7 Å². The zero-order chi connectivity index (χ0) is 11.4. The van der Waals surface area contributed by atoms with Crippen LogP contribution in [0.2, 0.25) is 0 Å². The number of hydrogen-bond donors (Lipinski definition) is 2. The highest BCUT2D eigenvalue weighted by molar-refractivity contribution is 5.44. The van der Waals surface area contributed by atoms with Crippen molar-refractivity contribution in [2.24, 2.45) is 5.73 Å². The van der Waals surface area contributed by atoms with Gasteiger partial charge < -0.3 is 10.8 Å². The minimum atomic E-state index is 0.406. The maximum absolute atomic E-state index is 9.93. The van der Waals surface area contributed by atoms with Crippen LogP contribution in [-0.2, 0) is 12.8 Å². The van der Waals surface area contributed by atoms with Crippen LogP contribution in [0.5, 0.6) is 5.75 Å². The fourth-order valence-corrected chi connectivity index (χ4v) is 1.82. The molecule has 2 nitrogen and oxygen atoms in total. The van der Waals surface area contributed by atoms with Gasteiger partial charge in [-0.1, -0.05) is 26.8 Å². The summed E-state index contributed by atoms with van der Waals surface area (Å²) in [4.78, 5) is 0. The van der Waals surface area contributed by atoms with Crippen LogP contribution >= 0.6 is 0 Å². The molecule has 1 rings (SSSR count). The molecule has 0 saturated heterocycles. The monoisotopic (exact) mass is 207 g/mol. The Morgan fingerprint density at radius 3 is 2.47 bits per heavy atom. The number of aromatic hydroxyl groups is 1. The van der Waals surface area contributed by atoms with Crippen LogP contribution in [0.4, 0.5) is 0 Å². The predicted molar refractivity (Wildman–Crippen MR) is 64.3 cm³/mol. The molecule has 15 heavy (non-hydrogen) atoms. The molecule has 0 amide bonds. The molecule has 0 fully saturated rings. The molecule has 0 aliphatic heterocycles. The Labute approximate surface area is 92.1 Å².